The van der Waals surface area contributed by atoms with Gasteiger partial charge in [0.15, 0.2) is 12.4 Å². The smallest absolute Gasteiger partial charge is 0.204 e. The van der Waals surface area contributed by atoms with Crippen LogP contribution in [-0.4, -0.2) is 29.9 Å². The standard InChI is InChI=1S/C21H29N3O3/c1-14(2)10-11-24-15(3)12-19(16(24)4)20(25)13-27-23-21(22)17-6-8-18(26-5)9-7-17/h6-9,12,14H,10-11,13H2,1-5H3,(H2,22,23). The molecule has 1 heterocycles. The van der Waals surface area contributed by atoms with E-state index in [2.05, 4.69) is 23.6 Å². The van der Waals surface area contributed by atoms with Gasteiger partial charge in [-0.05, 0) is 56.5 Å². The van der Waals surface area contributed by atoms with Crippen molar-refractivity contribution in [1.29, 1.82) is 0 Å². The van der Waals surface area contributed by atoms with Crippen LogP contribution in [0.15, 0.2) is 35.5 Å². The zero-order valence-corrected chi connectivity index (χ0v) is 16.8. The number of hydrogen-bond donors (Lipinski definition) is 1. The Balaban J connectivity index is 1.99. The molecule has 1 aromatic heterocycles. The van der Waals surface area contributed by atoms with Gasteiger partial charge >= 0.3 is 0 Å². The van der Waals surface area contributed by atoms with E-state index in [4.69, 9.17) is 15.3 Å². The van der Waals surface area contributed by atoms with Crippen molar-refractivity contribution in [3.8, 4) is 5.75 Å². The van der Waals surface area contributed by atoms with E-state index in [-0.39, 0.29) is 18.2 Å². The molecule has 0 bridgehead atoms. The lowest BCUT2D eigenvalue weighted by Gasteiger charge is -2.11. The normalized spacial score (nSPS) is 11.7. The summed E-state index contributed by atoms with van der Waals surface area (Å²) in [5.41, 5.74) is 9.33. The van der Waals surface area contributed by atoms with Crippen LogP contribution in [0.1, 0.15) is 47.6 Å². The first-order valence-electron chi connectivity index (χ1n) is 9.13. The summed E-state index contributed by atoms with van der Waals surface area (Å²) in [4.78, 5) is 17.7. The van der Waals surface area contributed by atoms with Crippen molar-refractivity contribution in [1.82, 2.24) is 4.57 Å². The molecule has 0 spiro atoms. The quantitative estimate of drug-likeness (QED) is 0.316. The largest absolute Gasteiger partial charge is 0.497 e. The first kappa shape index (κ1) is 20.6. The van der Waals surface area contributed by atoms with Gasteiger partial charge in [-0.2, -0.15) is 0 Å². The van der Waals surface area contributed by atoms with E-state index in [1.807, 2.05) is 19.9 Å². The molecule has 6 nitrogen and oxygen atoms in total. The highest BCUT2D eigenvalue weighted by Crippen LogP contribution is 2.18. The number of aromatic nitrogens is 1. The minimum absolute atomic E-state index is 0.106. The van der Waals surface area contributed by atoms with E-state index in [1.54, 1.807) is 31.4 Å². The molecule has 0 radical (unpaired) electrons. The fourth-order valence-electron chi connectivity index (χ4n) is 2.87. The van der Waals surface area contributed by atoms with Gasteiger partial charge in [-0.3, -0.25) is 4.79 Å². The maximum Gasteiger partial charge on any atom is 0.204 e. The van der Waals surface area contributed by atoms with Crippen molar-refractivity contribution in [2.75, 3.05) is 13.7 Å². The average molecular weight is 371 g/mol. The predicted molar refractivity (Wildman–Crippen MR) is 107 cm³/mol. The predicted octanol–water partition coefficient (Wildman–Crippen LogP) is 3.68. The van der Waals surface area contributed by atoms with Gasteiger partial charge in [0.1, 0.15) is 5.75 Å². The van der Waals surface area contributed by atoms with Gasteiger partial charge in [0.25, 0.3) is 0 Å². The van der Waals surface area contributed by atoms with Crippen LogP contribution < -0.4 is 10.5 Å². The second-order valence-corrected chi connectivity index (χ2v) is 7.02. The van der Waals surface area contributed by atoms with Gasteiger partial charge in [-0.1, -0.05) is 19.0 Å². The number of carbonyl (C=O) groups excluding carboxylic acids is 1. The molecule has 2 aromatic rings. The van der Waals surface area contributed by atoms with Crippen LogP contribution in [0.5, 0.6) is 5.75 Å². The lowest BCUT2D eigenvalue weighted by molar-refractivity contribution is 0.0775. The number of oxime groups is 1. The van der Waals surface area contributed by atoms with Crippen molar-refractivity contribution in [2.24, 2.45) is 16.8 Å². The second kappa shape index (κ2) is 9.26. The Kier molecular flexibility index (Phi) is 7.05. The van der Waals surface area contributed by atoms with Crippen LogP contribution >= 0.6 is 0 Å². The van der Waals surface area contributed by atoms with Crippen LogP contribution in [0.4, 0.5) is 0 Å². The Hall–Kier alpha value is -2.76. The third-order valence-corrected chi connectivity index (χ3v) is 4.55. The molecule has 1 aromatic carbocycles. The topological polar surface area (TPSA) is 78.8 Å². The van der Waals surface area contributed by atoms with Crippen molar-refractivity contribution in [2.45, 2.75) is 40.7 Å². The summed E-state index contributed by atoms with van der Waals surface area (Å²) in [6.45, 7) is 9.14. The van der Waals surface area contributed by atoms with Gasteiger partial charge in [0, 0.05) is 29.1 Å². The molecular weight excluding hydrogens is 342 g/mol. The van der Waals surface area contributed by atoms with Crippen LogP contribution in [0.3, 0.4) is 0 Å². The molecule has 0 unspecified atom stereocenters. The Morgan fingerprint density at radius 3 is 2.48 bits per heavy atom. The molecule has 0 aliphatic rings. The van der Waals surface area contributed by atoms with E-state index < -0.39 is 0 Å². The molecule has 0 saturated carbocycles. The summed E-state index contributed by atoms with van der Waals surface area (Å²) >= 11 is 0. The molecule has 0 amide bonds. The summed E-state index contributed by atoms with van der Waals surface area (Å²) < 4.78 is 7.29. The number of amidine groups is 1. The highest BCUT2D eigenvalue weighted by molar-refractivity contribution is 5.99. The minimum Gasteiger partial charge on any atom is -0.497 e. The Labute approximate surface area is 160 Å². The van der Waals surface area contributed by atoms with Crippen molar-refractivity contribution in [3.63, 3.8) is 0 Å². The van der Waals surface area contributed by atoms with Gasteiger partial charge in [-0.15, -0.1) is 0 Å². The van der Waals surface area contributed by atoms with Crippen LogP contribution in [-0.2, 0) is 11.4 Å². The Bertz CT molecular complexity index is 805. The van der Waals surface area contributed by atoms with E-state index in [0.717, 1.165) is 30.1 Å². The molecule has 0 saturated heterocycles. The number of nitrogens with zero attached hydrogens (tertiary/aromatic N) is 2. The summed E-state index contributed by atoms with van der Waals surface area (Å²) in [7, 11) is 1.60. The number of carbonyl (C=O) groups is 1. The number of benzene rings is 1. The van der Waals surface area contributed by atoms with E-state index in [9.17, 15) is 4.79 Å². The highest BCUT2D eigenvalue weighted by Gasteiger charge is 2.16. The van der Waals surface area contributed by atoms with Crippen LogP contribution in [0, 0.1) is 19.8 Å². The monoisotopic (exact) mass is 371 g/mol. The van der Waals surface area contributed by atoms with Crippen LogP contribution in [0.2, 0.25) is 0 Å². The number of ketones is 1. The summed E-state index contributed by atoms with van der Waals surface area (Å²) in [5.74, 6) is 1.46. The maximum absolute atomic E-state index is 12.5. The Morgan fingerprint density at radius 2 is 1.89 bits per heavy atom. The SMILES string of the molecule is COc1ccc(C(N)=NOCC(=O)c2cc(C)n(CCC(C)C)c2C)cc1. The van der Waals surface area contributed by atoms with E-state index >= 15 is 0 Å². The lowest BCUT2D eigenvalue weighted by atomic mass is 10.1. The fraction of sp³-hybridized carbons (Fsp3) is 0.429. The number of ether oxygens (including phenoxy) is 1. The number of rotatable bonds is 9. The van der Waals surface area contributed by atoms with Crippen molar-refractivity contribution < 1.29 is 14.4 Å². The molecule has 0 aliphatic heterocycles. The number of aryl methyl sites for hydroxylation is 1. The van der Waals surface area contributed by atoms with Crippen molar-refractivity contribution in [3.05, 3.63) is 52.8 Å². The molecule has 6 heteroatoms. The average Bonchev–Trinajstić information content (AvgIpc) is 2.93. The molecule has 0 atom stereocenters. The molecule has 2 rings (SSSR count). The van der Waals surface area contributed by atoms with Crippen molar-refractivity contribution >= 4 is 11.6 Å². The fourth-order valence-corrected chi connectivity index (χ4v) is 2.87. The minimum atomic E-state index is -0.147. The van der Waals surface area contributed by atoms with Gasteiger partial charge in [0.2, 0.25) is 5.78 Å². The van der Waals surface area contributed by atoms with Gasteiger partial charge < -0.3 is 19.9 Å². The third-order valence-electron chi connectivity index (χ3n) is 4.55. The van der Waals surface area contributed by atoms with Crippen LogP contribution in [0.25, 0.3) is 0 Å². The number of Topliss-reactive ketones (excluding diaryl/α,β-unsaturated/α-hetero) is 1. The molecule has 0 fully saturated rings. The zero-order chi connectivity index (χ0) is 20.0. The van der Waals surface area contributed by atoms with E-state index in [0.29, 0.717) is 17.0 Å². The summed E-state index contributed by atoms with van der Waals surface area (Å²) in [6, 6.07) is 9.05. The maximum atomic E-state index is 12.5. The summed E-state index contributed by atoms with van der Waals surface area (Å²) in [5, 5.41) is 3.86. The summed E-state index contributed by atoms with van der Waals surface area (Å²) in [6.07, 6.45) is 1.07. The Morgan fingerprint density at radius 1 is 1.22 bits per heavy atom. The highest BCUT2D eigenvalue weighted by atomic mass is 16.6. The second-order valence-electron chi connectivity index (χ2n) is 7.02. The molecular formula is C21H29N3O3. The number of methoxy groups -OCH3 is 1. The number of nitrogens with two attached hydrogens (primary N) is 1. The molecule has 27 heavy (non-hydrogen) atoms. The molecule has 2 N–H and O–H groups in total. The lowest BCUT2D eigenvalue weighted by Crippen LogP contribution is -2.16. The zero-order valence-electron chi connectivity index (χ0n) is 16.8. The third kappa shape index (κ3) is 5.36. The number of hydrogen-bond acceptors (Lipinski definition) is 4. The van der Waals surface area contributed by atoms with Gasteiger partial charge in [-0.25, -0.2) is 0 Å². The molecule has 0 aliphatic carbocycles. The molecule has 146 valence electrons. The first-order valence-corrected chi connectivity index (χ1v) is 9.13. The van der Waals surface area contributed by atoms with Gasteiger partial charge in [0.05, 0.1) is 7.11 Å². The first-order chi connectivity index (χ1) is 12.8. The van der Waals surface area contributed by atoms with E-state index in [1.165, 1.54) is 0 Å².